The first-order chi connectivity index (χ1) is 16.0. The van der Waals surface area contributed by atoms with E-state index in [2.05, 4.69) is 81.9 Å². The molecule has 0 bridgehead atoms. The fourth-order valence-corrected chi connectivity index (χ4v) is 5.14. The Labute approximate surface area is 200 Å². The number of hydrogen-bond acceptors (Lipinski definition) is 3. The average molecular weight is 454 g/mol. The summed E-state index contributed by atoms with van der Waals surface area (Å²) in [6, 6.07) is 22.9. The van der Waals surface area contributed by atoms with Gasteiger partial charge in [0.1, 0.15) is 0 Å². The summed E-state index contributed by atoms with van der Waals surface area (Å²) < 4.78 is 2.33. The maximum absolute atomic E-state index is 5.84. The van der Waals surface area contributed by atoms with E-state index in [0.717, 1.165) is 16.5 Å². The van der Waals surface area contributed by atoms with E-state index in [1.54, 1.807) is 0 Å². The maximum atomic E-state index is 5.84. The largest absolute Gasteiger partial charge is 0.352 e. The number of pyridine rings is 2. The normalized spacial score (nSPS) is 17.9. The fourth-order valence-electron chi connectivity index (χ4n) is 4.83. The van der Waals surface area contributed by atoms with Crippen LogP contribution in [-0.4, -0.2) is 24.5 Å². The van der Waals surface area contributed by atoms with Crippen LogP contribution >= 0.6 is 12.2 Å². The van der Waals surface area contributed by atoms with Crippen LogP contribution < -0.4 is 5.32 Å². The first kappa shape index (κ1) is 21.3. The van der Waals surface area contributed by atoms with Gasteiger partial charge in [-0.1, -0.05) is 24.3 Å². The number of thiocarbonyl (C=S) groups is 1. The van der Waals surface area contributed by atoms with Crippen LogP contribution in [0.5, 0.6) is 0 Å². The Hall–Kier alpha value is -3.51. The molecule has 1 aliphatic rings. The van der Waals surface area contributed by atoms with Crippen LogP contribution in [0.25, 0.3) is 5.69 Å². The van der Waals surface area contributed by atoms with Gasteiger partial charge in [-0.25, -0.2) is 0 Å². The maximum Gasteiger partial charge on any atom is 0.170 e. The van der Waals surface area contributed by atoms with Crippen molar-refractivity contribution >= 4 is 17.3 Å². The van der Waals surface area contributed by atoms with Gasteiger partial charge in [0.25, 0.3) is 0 Å². The Morgan fingerprint density at radius 3 is 2.39 bits per heavy atom. The highest BCUT2D eigenvalue weighted by molar-refractivity contribution is 7.80. The highest BCUT2D eigenvalue weighted by Gasteiger charge is 2.41. The monoisotopic (exact) mass is 453 g/mol. The lowest BCUT2D eigenvalue weighted by atomic mass is 9.96. The Morgan fingerprint density at radius 1 is 0.909 bits per heavy atom. The van der Waals surface area contributed by atoms with Crippen LogP contribution in [0.2, 0.25) is 0 Å². The van der Waals surface area contributed by atoms with Crippen molar-refractivity contribution < 1.29 is 0 Å². The molecule has 2 atom stereocenters. The molecule has 1 aromatic carbocycles. The van der Waals surface area contributed by atoms with Crippen LogP contribution in [0.4, 0.5) is 0 Å². The molecule has 4 heterocycles. The molecule has 6 heteroatoms. The predicted molar refractivity (Wildman–Crippen MR) is 135 cm³/mol. The molecule has 166 valence electrons. The zero-order chi connectivity index (χ0) is 22.9. The standard InChI is InChI=1S/C27H27N5S/c1-18-9-8-11-22(15-18)32-19(2)16-23(20(32)3)26-25(24-12-5-7-14-29-24)30-27(33)31(26)17-21-10-4-6-13-28-21/h4-16,25-26H,17H2,1-3H3,(H,30,33)/t25-,26-/m1/s1. The van der Waals surface area contributed by atoms with Gasteiger partial charge in [0, 0.05) is 29.5 Å². The van der Waals surface area contributed by atoms with Gasteiger partial charge in [-0.3, -0.25) is 9.97 Å². The molecule has 0 aliphatic carbocycles. The Kier molecular flexibility index (Phi) is 5.68. The Balaban J connectivity index is 1.62. The van der Waals surface area contributed by atoms with Gasteiger partial charge in [0.2, 0.25) is 0 Å². The number of hydrogen-bond donors (Lipinski definition) is 1. The second-order valence-electron chi connectivity index (χ2n) is 8.58. The number of nitrogens with zero attached hydrogens (tertiary/aromatic N) is 4. The smallest absolute Gasteiger partial charge is 0.170 e. The molecule has 5 nitrogen and oxygen atoms in total. The molecule has 0 unspecified atom stereocenters. The van der Waals surface area contributed by atoms with Crippen molar-refractivity contribution in [3.05, 3.63) is 113 Å². The minimum atomic E-state index is -0.0473. The summed E-state index contributed by atoms with van der Waals surface area (Å²) in [6.07, 6.45) is 3.67. The lowest BCUT2D eigenvalue weighted by molar-refractivity contribution is 0.307. The van der Waals surface area contributed by atoms with Gasteiger partial charge in [-0.05, 0) is 86.6 Å². The van der Waals surface area contributed by atoms with Crippen LogP contribution in [0.3, 0.4) is 0 Å². The topological polar surface area (TPSA) is 46.0 Å². The minimum Gasteiger partial charge on any atom is -0.352 e. The van der Waals surface area contributed by atoms with E-state index in [1.165, 1.54) is 28.2 Å². The van der Waals surface area contributed by atoms with Crippen molar-refractivity contribution in [2.75, 3.05) is 0 Å². The Morgan fingerprint density at radius 2 is 1.70 bits per heavy atom. The van der Waals surface area contributed by atoms with Crippen LogP contribution in [-0.2, 0) is 6.54 Å². The summed E-state index contributed by atoms with van der Waals surface area (Å²) >= 11 is 5.84. The third-order valence-corrected chi connectivity index (χ3v) is 6.66. The quantitative estimate of drug-likeness (QED) is 0.412. The SMILES string of the molecule is Cc1cccc(-n2c(C)cc([C@@H]3[C@@H](c4ccccn4)NC(=S)N3Cc3ccccn3)c2C)c1. The van der Waals surface area contributed by atoms with Gasteiger partial charge in [-0.15, -0.1) is 0 Å². The first-order valence-electron chi connectivity index (χ1n) is 11.2. The highest BCUT2D eigenvalue weighted by Crippen LogP contribution is 2.42. The number of nitrogens with one attached hydrogen (secondary N) is 1. The number of aryl methyl sites for hydroxylation is 2. The summed E-state index contributed by atoms with van der Waals surface area (Å²) in [5.41, 5.74) is 8.04. The van der Waals surface area contributed by atoms with Gasteiger partial charge >= 0.3 is 0 Å². The minimum absolute atomic E-state index is 0.000773. The van der Waals surface area contributed by atoms with Crippen LogP contribution in [0, 0.1) is 20.8 Å². The zero-order valence-electron chi connectivity index (χ0n) is 19.1. The van der Waals surface area contributed by atoms with Crippen molar-refractivity contribution in [1.82, 2.24) is 24.8 Å². The van der Waals surface area contributed by atoms with E-state index < -0.39 is 0 Å². The van der Waals surface area contributed by atoms with Gasteiger partial charge in [-0.2, -0.15) is 0 Å². The third kappa shape index (κ3) is 4.02. The van der Waals surface area contributed by atoms with Crippen molar-refractivity contribution in [3.8, 4) is 5.69 Å². The van der Waals surface area contributed by atoms with Crippen molar-refractivity contribution in [1.29, 1.82) is 0 Å². The van der Waals surface area contributed by atoms with E-state index in [9.17, 15) is 0 Å². The predicted octanol–water partition coefficient (Wildman–Crippen LogP) is 5.37. The molecule has 1 aliphatic heterocycles. The molecule has 0 saturated carbocycles. The molecule has 5 rings (SSSR count). The summed E-state index contributed by atoms with van der Waals surface area (Å²) in [5, 5.41) is 4.28. The molecule has 3 aromatic heterocycles. The van der Waals surface area contributed by atoms with Gasteiger partial charge in [0.05, 0.1) is 30.0 Å². The van der Waals surface area contributed by atoms with Crippen LogP contribution in [0.1, 0.15) is 46.0 Å². The van der Waals surface area contributed by atoms with Crippen molar-refractivity contribution in [3.63, 3.8) is 0 Å². The van der Waals surface area contributed by atoms with Crippen molar-refractivity contribution in [2.45, 2.75) is 39.4 Å². The summed E-state index contributed by atoms with van der Waals surface area (Å²) in [4.78, 5) is 11.5. The summed E-state index contributed by atoms with van der Waals surface area (Å²) in [5.74, 6) is 0. The second kappa shape index (κ2) is 8.79. The van der Waals surface area contributed by atoms with Gasteiger partial charge < -0.3 is 14.8 Å². The van der Waals surface area contributed by atoms with E-state index in [1.807, 2.05) is 42.7 Å². The average Bonchev–Trinajstić information content (AvgIpc) is 3.30. The molecule has 1 saturated heterocycles. The van der Waals surface area contributed by atoms with E-state index >= 15 is 0 Å². The lowest BCUT2D eigenvalue weighted by Crippen LogP contribution is -2.29. The molecule has 1 N–H and O–H groups in total. The van der Waals surface area contributed by atoms with Crippen molar-refractivity contribution in [2.24, 2.45) is 0 Å². The number of benzene rings is 1. The molecular weight excluding hydrogens is 426 g/mol. The molecule has 1 fully saturated rings. The number of rotatable bonds is 5. The first-order valence-corrected chi connectivity index (χ1v) is 11.6. The van der Waals surface area contributed by atoms with E-state index in [4.69, 9.17) is 12.2 Å². The van der Waals surface area contributed by atoms with E-state index in [-0.39, 0.29) is 12.1 Å². The lowest BCUT2D eigenvalue weighted by Gasteiger charge is -2.28. The second-order valence-corrected chi connectivity index (χ2v) is 8.96. The summed E-state index contributed by atoms with van der Waals surface area (Å²) in [7, 11) is 0. The Bertz CT molecular complexity index is 1280. The highest BCUT2D eigenvalue weighted by atomic mass is 32.1. The molecule has 33 heavy (non-hydrogen) atoms. The van der Waals surface area contributed by atoms with Gasteiger partial charge in [0.15, 0.2) is 5.11 Å². The summed E-state index contributed by atoms with van der Waals surface area (Å²) in [6.45, 7) is 7.12. The van der Waals surface area contributed by atoms with E-state index in [0.29, 0.717) is 6.54 Å². The fraction of sp³-hybridized carbons (Fsp3) is 0.222. The number of aromatic nitrogens is 3. The third-order valence-electron chi connectivity index (χ3n) is 6.31. The molecule has 0 spiro atoms. The molecule has 0 radical (unpaired) electrons. The van der Waals surface area contributed by atoms with Crippen LogP contribution in [0.15, 0.2) is 79.1 Å². The zero-order valence-corrected chi connectivity index (χ0v) is 19.9. The molecule has 0 amide bonds. The molecular formula is C27H27N5S. The molecule has 4 aromatic rings.